The first-order valence-corrected chi connectivity index (χ1v) is 10.2. The molecule has 2 rings (SSSR count). The molecule has 1 aliphatic rings. The molecule has 0 spiro atoms. The van der Waals surface area contributed by atoms with Crippen LogP contribution in [0.2, 0.25) is 0 Å². The van der Waals surface area contributed by atoms with E-state index in [0.29, 0.717) is 6.61 Å². The van der Waals surface area contributed by atoms with Gasteiger partial charge in [-0.1, -0.05) is 50.1 Å². The normalized spacial score (nSPS) is 19.6. The molecular weight excluding hydrogens is 342 g/mol. The Morgan fingerprint density at radius 1 is 1.19 bits per heavy atom. The molecule has 0 unspecified atom stereocenters. The molecule has 1 aliphatic heterocycles. The van der Waals surface area contributed by atoms with Gasteiger partial charge in [-0.05, 0) is 37.2 Å². The summed E-state index contributed by atoms with van der Waals surface area (Å²) in [6.07, 6.45) is 5.99. The molecule has 0 aromatic heterocycles. The minimum absolute atomic E-state index is 0.0307. The van der Waals surface area contributed by atoms with Crippen molar-refractivity contribution in [2.45, 2.75) is 58.5 Å². The molecule has 5 heteroatoms. The Morgan fingerprint density at radius 3 is 2.67 bits per heavy atom. The maximum atomic E-state index is 12.6. The van der Waals surface area contributed by atoms with E-state index in [2.05, 4.69) is 19.1 Å². The zero-order chi connectivity index (χ0) is 19.5. The summed E-state index contributed by atoms with van der Waals surface area (Å²) in [5, 5.41) is 9.12. The fourth-order valence-electron chi connectivity index (χ4n) is 3.79. The molecule has 2 atom stereocenters. The zero-order valence-corrected chi connectivity index (χ0v) is 16.4. The Labute approximate surface area is 162 Å². The molecule has 1 aromatic rings. The van der Waals surface area contributed by atoms with Crippen molar-refractivity contribution >= 4 is 11.9 Å². The van der Waals surface area contributed by atoms with Crippen molar-refractivity contribution in [3.8, 4) is 0 Å². The first kappa shape index (κ1) is 21.4. The molecule has 1 fully saturated rings. The number of benzene rings is 1. The molecular formula is C22H33NO4. The van der Waals surface area contributed by atoms with Crippen LogP contribution in [0.3, 0.4) is 0 Å². The van der Waals surface area contributed by atoms with Gasteiger partial charge in [0.05, 0.1) is 18.9 Å². The maximum absolute atomic E-state index is 12.6. The highest BCUT2D eigenvalue weighted by molar-refractivity contribution is 5.85. The van der Waals surface area contributed by atoms with Crippen molar-refractivity contribution in [2.75, 3.05) is 19.7 Å². The van der Waals surface area contributed by atoms with Gasteiger partial charge in [-0.2, -0.15) is 0 Å². The van der Waals surface area contributed by atoms with E-state index >= 15 is 0 Å². The van der Waals surface area contributed by atoms with E-state index in [1.54, 1.807) is 0 Å². The second-order valence-corrected chi connectivity index (χ2v) is 7.49. The molecule has 0 aliphatic carbocycles. The Balaban J connectivity index is 1.64. The molecule has 0 bridgehead atoms. The number of carboxylic acids is 1. The lowest BCUT2D eigenvalue weighted by molar-refractivity contribution is -0.142. The third-order valence-electron chi connectivity index (χ3n) is 5.30. The van der Waals surface area contributed by atoms with Crippen molar-refractivity contribution in [1.29, 1.82) is 0 Å². The Hall–Kier alpha value is -1.88. The second kappa shape index (κ2) is 11.8. The summed E-state index contributed by atoms with van der Waals surface area (Å²) in [4.78, 5) is 25.6. The minimum Gasteiger partial charge on any atom is -0.481 e. The number of carboxylic acid groups (broad SMARTS) is 1. The highest BCUT2D eigenvalue weighted by Gasteiger charge is 2.40. The highest BCUT2D eigenvalue weighted by Crippen LogP contribution is 2.31. The van der Waals surface area contributed by atoms with Gasteiger partial charge in [0.15, 0.2) is 0 Å². The van der Waals surface area contributed by atoms with Crippen LogP contribution in [0, 0.1) is 11.8 Å². The number of aliphatic carboxylic acids is 1. The van der Waals surface area contributed by atoms with Crippen molar-refractivity contribution < 1.29 is 19.4 Å². The molecule has 150 valence electrons. The number of rotatable bonds is 13. The summed E-state index contributed by atoms with van der Waals surface area (Å²) >= 11 is 0. The Morgan fingerprint density at radius 2 is 1.96 bits per heavy atom. The molecule has 1 N–H and O–H groups in total. The third-order valence-corrected chi connectivity index (χ3v) is 5.30. The lowest BCUT2D eigenvalue weighted by Gasteiger charge is -2.16. The Bertz CT molecular complexity index is 575. The van der Waals surface area contributed by atoms with Crippen LogP contribution in [0.4, 0.5) is 0 Å². The second-order valence-electron chi connectivity index (χ2n) is 7.49. The number of hydrogen-bond donors (Lipinski definition) is 1. The van der Waals surface area contributed by atoms with Gasteiger partial charge in [-0.15, -0.1) is 0 Å². The van der Waals surface area contributed by atoms with Gasteiger partial charge in [0.1, 0.15) is 0 Å². The molecule has 0 saturated carbocycles. The lowest BCUT2D eigenvalue weighted by atomic mass is 9.88. The standard InChI is InChI=1S/C22H33NO4/c1-2-3-12-19-16-23(22(26)20(19)15-21(24)25)13-8-5-9-14-27-17-18-10-6-4-7-11-18/h4,6-7,10-11,19-20H,2-3,5,8-9,12-17H2,1H3,(H,24,25)/t19-,20+/m0/s1. The number of ether oxygens (including phenoxy) is 1. The monoisotopic (exact) mass is 375 g/mol. The van der Waals surface area contributed by atoms with Crippen LogP contribution in [0.25, 0.3) is 0 Å². The highest BCUT2D eigenvalue weighted by atomic mass is 16.5. The fourth-order valence-corrected chi connectivity index (χ4v) is 3.79. The molecule has 5 nitrogen and oxygen atoms in total. The van der Waals surface area contributed by atoms with Gasteiger partial charge in [0.25, 0.3) is 0 Å². The summed E-state index contributed by atoms with van der Waals surface area (Å²) in [6.45, 7) is 4.95. The number of nitrogens with zero attached hydrogens (tertiary/aromatic N) is 1. The number of likely N-dealkylation sites (tertiary alicyclic amines) is 1. The van der Waals surface area contributed by atoms with Gasteiger partial charge in [-0.3, -0.25) is 9.59 Å². The van der Waals surface area contributed by atoms with Gasteiger partial charge in [0.2, 0.25) is 5.91 Å². The summed E-state index contributed by atoms with van der Waals surface area (Å²) < 4.78 is 5.69. The summed E-state index contributed by atoms with van der Waals surface area (Å²) in [6, 6.07) is 10.1. The average molecular weight is 376 g/mol. The average Bonchev–Trinajstić information content (AvgIpc) is 2.95. The van der Waals surface area contributed by atoms with Gasteiger partial charge >= 0.3 is 5.97 Å². The van der Waals surface area contributed by atoms with E-state index in [1.807, 2.05) is 23.1 Å². The SMILES string of the molecule is CCCC[C@H]1CN(CCCCCOCc2ccccc2)C(=O)[C@@H]1CC(=O)O. The smallest absolute Gasteiger partial charge is 0.304 e. The first-order chi connectivity index (χ1) is 13.1. The maximum Gasteiger partial charge on any atom is 0.304 e. The molecule has 27 heavy (non-hydrogen) atoms. The zero-order valence-electron chi connectivity index (χ0n) is 16.4. The van der Waals surface area contributed by atoms with Crippen LogP contribution >= 0.6 is 0 Å². The van der Waals surface area contributed by atoms with Gasteiger partial charge in [-0.25, -0.2) is 0 Å². The largest absolute Gasteiger partial charge is 0.481 e. The van der Waals surface area contributed by atoms with E-state index in [0.717, 1.165) is 58.2 Å². The molecule has 1 aromatic carbocycles. The van der Waals surface area contributed by atoms with E-state index in [9.17, 15) is 9.59 Å². The van der Waals surface area contributed by atoms with E-state index in [-0.39, 0.29) is 24.2 Å². The number of unbranched alkanes of at least 4 members (excludes halogenated alkanes) is 3. The van der Waals surface area contributed by atoms with E-state index in [1.165, 1.54) is 5.56 Å². The summed E-state index contributed by atoms with van der Waals surface area (Å²) in [5.74, 6) is -0.961. The van der Waals surface area contributed by atoms with Crippen molar-refractivity contribution in [2.24, 2.45) is 11.8 Å². The summed E-state index contributed by atoms with van der Waals surface area (Å²) in [7, 11) is 0. The number of carbonyl (C=O) groups is 2. The van der Waals surface area contributed by atoms with Gasteiger partial charge in [0, 0.05) is 19.7 Å². The van der Waals surface area contributed by atoms with Crippen LogP contribution in [-0.2, 0) is 20.9 Å². The minimum atomic E-state index is -0.868. The molecule has 1 saturated heterocycles. The molecule has 1 heterocycles. The fraction of sp³-hybridized carbons (Fsp3) is 0.636. The first-order valence-electron chi connectivity index (χ1n) is 10.2. The van der Waals surface area contributed by atoms with Gasteiger partial charge < -0.3 is 14.7 Å². The lowest BCUT2D eigenvalue weighted by Crippen LogP contribution is -2.29. The van der Waals surface area contributed by atoms with Crippen LogP contribution in [0.1, 0.15) is 57.4 Å². The molecule has 1 amide bonds. The topological polar surface area (TPSA) is 66.8 Å². The van der Waals surface area contributed by atoms with Crippen LogP contribution < -0.4 is 0 Å². The number of carbonyl (C=O) groups excluding carboxylic acids is 1. The van der Waals surface area contributed by atoms with Crippen LogP contribution in [0.5, 0.6) is 0 Å². The third kappa shape index (κ3) is 7.33. The van der Waals surface area contributed by atoms with Crippen molar-refractivity contribution in [3.63, 3.8) is 0 Å². The predicted molar refractivity (Wildman–Crippen MR) is 105 cm³/mol. The van der Waals surface area contributed by atoms with Crippen molar-refractivity contribution in [1.82, 2.24) is 4.90 Å². The van der Waals surface area contributed by atoms with Crippen LogP contribution in [0.15, 0.2) is 30.3 Å². The molecule has 0 radical (unpaired) electrons. The number of amides is 1. The number of hydrogen-bond acceptors (Lipinski definition) is 3. The predicted octanol–water partition coefficient (Wildman–Crippen LogP) is 4.11. The van der Waals surface area contributed by atoms with E-state index < -0.39 is 5.97 Å². The quantitative estimate of drug-likeness (QED) is 0.527. The van der Waals surface area contributed by atoms with Crippen LogP contribution in [-0.4, -0.2) is 41.6 Å². The Kier molecular flexibility index (Phi) is 9.32. The summed E-state index contributed by atoms with van der Waals surface area (Å²) in [5.41, 5.74) is 1.18. The van der Waals surface area contributed by atoms with E-state index in [4.69, 9.17) is 9.84 Å². The van der Waals surface area contributed by atoms with Crippen molar-refractivity contribution in [3.05, 3.63) is 35.9 Å².